The van der Waals surface area contributed by atoms with E-state index in [0.29, 0.717) is 6.54 Å². The molecule has 1 aliphatic rings. The van der Waals surface area contributed by atoms with E-state index in [1.54, 1.807) is 6.20 Å². The van der Waals surface area contributed by atoms with Gasteiger partial charge in [-0.3, -0.25) is 9.78 Å². The number of aromatic nitrogens is 3. The molecule has 3 heterocycles. The molecule has 1 aromatic carbocycles. The lowest BCUT2D eigenvalue weighted by Crippen LogP contribution is -2.33. The molecule has 26 heavy (non-hydrogen) atoms. The second-order valence-electron chi connectivity index (χ2n) is 6.77. The number of imidazole rings is 1. The maximum absolute atomic E-state index is 12.5. The molecule has 134 valence electrons. The smallest absolute Gasteiger partial charge is 0.260 e. The highest BCUT2D eigenvalue weighted by Gasteiger charge is 2.30. The van der Waals surface area contributed by atoms with Gasteiger partial charge < -0.3 is 14.2 Å². The summed E-state index contributed by atoms with van der Waals surface area (Å²) >= 11 is 0. The van der Waals surface area contributed by atoms with Crippen molar-refractivity contribution in [1.82, 2.24) is 19.4 Å². The van der Waals surface area contributed by atoms with Crippen molar-refractivity contribution < 1.29 is 9.53 Å². The molecular weight excluding hydrogens is 328 g/mol. The number of hydrogen-bond acceptors (Lipinski definition) is 4. The van der Waals surface area contributed by atoms with E-state index in [1.165, 1.54) is 0 Å². The van der Waals surface area contributed by atoms with Crippen molar-refractivity contribution in [3.8, 4) is 5.75 Å². The van der Waals surface area contributed by atoms with Crippen LogP contribution in [-0.4, -0.2) is 45.0 Å². The molecule has 1 amide bonds. The summed E-state index contributed by atoms with van der Waals surface area (Å²) in [6.45, 7) is 3.47. The molecular formula is C20H22N4O2. The number of carbonyl (C=O) groups excluding carboxylic acids is 1. The Morgan fingerprint density at radius 3 is 2.96 bits per heavy atom. The quantitative estimate of drug-likeness (QED) is 0.726. The van der Waals surface area contributed by atoms with E-state index in [2.05, 4.69) is 9.55 Å². The van der Waals surface area contributed by atoms with E-state index >= 15 is 0 Å². The first-order valence-electron chi connectivity index (χ1n) is 8.86. The summed E-state index contributed by atoms with van der Waals surface area (Å²) in [4.78, 5) is 23.3. The van der Waals surface area contributed by atoms with Crippen LogP contribution in [0.4, 0.5) is 0 Å². The van der Waals surface area contributed by atoms with Gasteiger partial charge in [0.1, 0.15) is 11.6 Å². The zero-order valence-corrected chi connectivity index (χ0v) is 15.1. The average Bonchev–Trinajstić information content (AvgIpc) is 3.26. The Labute approximate surface area is 152 Å². The van der Waals surface area contributed by atoms with Crippen molar-refractivity contribution in [3.63, 3.8) is 0 Å². The van der Waals surface area contributed by atoms with Gasteiger partial charge in [0.25, 0.3) is 5.91 Å². The summed E-state index contributed by atoms with van der Waals surface area (Å²) in [5.74, 6) is 2.05. The number of para-hydroxylation sites is 1. The third-order valence-corrected chi connectivity index (χ3v) is 5.07. The van der Waals surface area contributed by atoms with Gasteiger partial charge in [0.2, 0.25) is 0 Å². The summed E-state index contributed by atoms with van der Waals surface area (Å²) in [6, 6.07) is 9.67. The van der Waals surface area contributed by atoms with E-state index in [1.807, 2.05) is 55.4 Å². The summed E-state index contributed by atoms with van der Waals surface area (Å²) in [7, 11) is 2.01. The standard InChI is InChI=1S/C20H22N4O2/c1-14-5-3-4-6-18(14)26-13-19(25)24-10-8-15(12-24)20-22-16-7-9-21-11-17(16)23(20)2/h3-7,9,11,15H,8,10,12-13H2,1-2H3/t15-/m1/s1. The predicted octanol–water partition coefficient (Wildman–Crippen LogP) is 2.67. The Hall–Kier alpha value is -2.89. The van der Waals surface area contributed by atoms with Gasteiger partial charge in [-0.05, 0) is 31.0 Å². The van der Waals surface area contributed by atoms with Gasteiger partial charge in [0, 0.05) is 32.3 Å². The molecule has 0 bridgehead atoms. The van der Waals surface area contributed by atoms with Gasteiger partial charge >= 0.3 is 0 Å². The monoisotopic (exact) mass is 350 g/mol. The first kappa shape index (κ1) is 16.6. The number of pyridine rings is 1. The number of nitrogens with zero attached hydrogens (tertiary/aromatic N) is 4. The average molecular weight is 350 g/mol. The number of carbonyl (C=O) groups is 1. The fraction of sp³-hybridized carbons (Fsp3) is 0.350. The minimum absolute atomic E-state index is 0.0242. The van der Waals surface area contributed by atoms with Crippen LogP contribution in [0.5, 0.6) is 5.75 Å². The molecule has 0 unspecified atom stereocenters. The molecule has 6 nitrogen and oxygen atoms in total. The summed E-state index contributed by atoms with van der Waals surface area (Å²) < 4.78 is 7.79. The lowest BCUT2D eigenvalue weighted by Gasteiger charge is -2.17. The predicted molar refractivity (Wildman–Crippen MR) is 99.1 cm³/mol. The highest BCUT2D eigenvalue weighted by atomic mass is 16.5. The van der Waals surface area contributed by atoms with Crippen LogP contribution in [-0.2, 0) is 11.8 Å². The second kappa shape index (κ2) is 6.78. The second-order valence-corrected chi connectivity index (χ2v) is 6.77. The minimum Gasteiger partial charge on any atom is -0.484 e. The Bertz CT molecular complexity index is 950. The minimum atomic E-state index is 0.0242. The molecule has 2 aromatic heterocycles. The van der Waals surface area contributed by atoms with E-state index in [0.717, 1.165) is 41.1 Å². The maximum atomic E-state index is 12.5. The van der Waals surface area contributed by atoms with Crippen LogP contribution in [0.1, 0.15) is 23.7 Å². The Kier molecular flexibility index (Phi) is 4.32. The number of hydrogen-bond donors (Lipinski definition) is 0. The van der Waals surface area contributed by atoms with Crippen LogP contribution in [0.3, 0.4) is 0 Å². The maximum Gasteiger partial charge on any atom is 0.260 e. The molecule has 1 saturated heterocycles. The largest absolute Gasteiger partial charge is 0.484 e. The molecule has 3 aromatic rings. The van der Waals surface area contributed by atoms with Gasteiger partial charge in [-0.2, -0.15) is 0 Å². The molecule has 4 rings (SSSR count). The summed E-state index contributed by atoms with van der Waals surface area (Å²) in [5, 5.41) is 0. The van der Waals surface area contributed by atoms with Gasteiger partial charge in [0.15, 0.2) is 6.61 Å². The lowest BCUT2D eigenvalue weighted by atomic mass is 10.1. The van der Waals surface area contributed by atoms with Crippen LogP contribution in [0.15, 0.2) is 42.7 Å². The van der Waals surface area contributed by atoms with Crippen LogP contribution in [0.2, 0.25) is 0 Å². The Balaban J connectivity index is 1.42. The number of benzene rings is 1. The molecule has 0 N–H and O–H groups in total. The van der Waals surface area contributed by atoms with Gasteiger partial charge in [-0.25, -0.2) is 4.98 Å². The van der Waals surface area contributed by atoms with Gasteiger partial charge in [-0.15, -0.1) is 0 Å². The number of rotatable bonds is 4. The Morgan fingerprint density at radius 1 is 1.31 bits per heavy atom. The molecule has 1 fully saturated rings. The van der Waals surface area contributed by atoms with Crippen molar-refractivity contribution in [3.05, 3.63) is 54.1 Å². The van der Waals surface area contributed by atoms with Crippen molar-refractivity contribution in [2.45, 2.75) is 19.3 Å². The van der Waals surface area contributed by atoms with Crippen molar-refractivity contribution >= 4 is 16.9 Å². The van der Waals surface area contributed by atoms with Crippen molar-refractivity contribution in [2.24, 2.45) is 7.05 Å². The van der Waals surface area contributed by atoms with E-state index in [-0.39, 0.29) is 18.4 Å². The number of amides is 1. The highest BCUT2D eigenvalue weighted by Crippen LogP contribution is 2.28. The topological polar surface area (TPSA) is 60.2 Å². The zero-order valence-electron chi connectivity index (χ0n) is 15.1. The molecule has 0 radical (unpaired) electrons. The lowest BCUT2D eigenvalue weighted by molar-refractivity contribution is -0.132. The molecule has 6 heteroatoms. The number of likely N-dealkylation sites (tertiary alicyclic amines) is 1. The fourth-order valence-electron chi connectivity index (χ4n) is 3.57. The highest BCUT2D eigenvalue weighted by molar-refractivity contribution is 5.78. The van der Waals surface area contributed by atoms with Crippen LogP contribution in [0, 0.1) is 6.92 Å². The van der Waals surface area contributed by atoms with Crippen molar-refractivity contribution in [2.75, 3.05) is 19.7 Å². The van der Waals surface area contributed by atoms with Gasteiger partial charge in [0.05, 0.1) is 17.2 Å². The molecule has 1 atom stereocenters. The zero-order chi connectivity index (χ0) is 18.1. The third kappa shape index (κ3) is 3.03. The number of fused-ring (bicyclic) bond motifs is 1. The molecule has 0 aliphatic carbocycles. The van der Waals surface area contributed by atoms with Crippen LogP contribution in [0.25, 0.3) is 11.0 Å². The SMILES string of the molecule is Cc1ccccc1OCC(=O)N1CC[C@@H](c2nc3ccncc3n2C)C1. The van der Waals surface area contributed by atoms with E-state index < -0.39 is 0 Å². The summed E-state index contributed by atoms with van der Waals surface area (Å²) in [5.41, 5.74) is 3.01. The first-order valence-corrected chi connectivity index (χ1v) is 8.86. The summed E-state index contributed by atoms with van der Waals surface area (Å²) in [6.07, 6.45) is 4.51. The normalized spacial score (nSPS) is 17.0. The number of aryl methyl sites for hydroxylation is 2. The molecule has 1 aliphatic heterocycles. The fourth-order valence-corrected chi connectivity index (χ4v) is 3.57. The van der Waals surface area contributed by atoms with Crippen LogP contribution >= 0.6 is 0 Å². The van der Waals surface area contributed by atoms with E-state index in [9.17, 15) is 4.79 Å². The number of ether oxygens (including phenoxy) is 1. The molecule has 0 saturated carbocycles. The Morgan fingerprint density at radius 2 is 2.15 bits per heavy atom. The first-order chi connectivity index (χ1) is 12.6. The van der Waals surface area contributed by atoms with Crippen LogP contribution < -0.4 is 4.74 Å². The van der Waals surface area contributed by atoms with Gasteiger partial charge in [-0.1, -0.05) is 18.2 Å². The molecule has 0 spiro atoms. The van der Waals surface area contributed by atoms with E-state index in [4.69, 9.17) is 9.72 Å². The third-order valence-electron chi connectivity index (χ3n) is 5.07. The van der Waals surface area contributed by atoms with Crippen molar-refractivity contribution in [1.29, 1.82) is 0 Å².